The molecule has 0 fully saturated rings. The third-order valence-electron chi connectivity index (χ3n) is 1.68. The number of nitrogens with zero attached hydrogens (tertiary/aromatic N) is 1. The fourth-order valence-electron chi connectivity index (χ4n) is 1.00. The zero-order valence-corrected chi connectivity index (χ0v) is 8.08. The van der Waals surface area contributed by atoms with E-state index < -0.39 is 36.3 Å². The van der Waals surface area contributed by atoms with E-state index in [9.17, 15) is 22.4 Å². The van der Waals surface area contributed by atoms with E-state index in [4.69, 9.17) is 10.8 Å². The molecule has 1 heterocycles. The second-order valence-corrected chi connectivity index (χ2v) is 2.85. The maximum atomic E-state index is 13.0. The van der Waals surface area contributed by atoms with Gasteiger partial charge in [-0.1, -0.05) is 0 Å². The Hall–Kier alpha value is -1.90. The predicted octanol–water partition coefficient (Wildman–Crippen LogP) is 1.28. The van der Waals surface area contributed by atoms with Crippen molar-refractivity contribution >= 4 is 5.97 Å². The van der Waals surface area contributed by atoms with Gasteiger partial charge in [-0.15, -0.1) is 13.2 Å². The van der Waals surface area contributed by atoms with E-state index in [0.717, 1.165) is 0 Å². The van der Waals surface area contributed by atoms with Crippen LogP contribution in [0.4, 0.5) is 17.6 Å². The number of hydrogen-bond donors (Lipinski definition) is 2. The summed E-state index contributed by atoms with van der Waals surface area (Å²) < 4.78 is 52.0. The Bertz CT molecular complexity index is 447. The predicted molar refractivity (Wildman–Crippen MR) is 45.7 cm³/mol. The molecule has 94 valence electrons. The molecule has 0 saturated heterocycles. The van der Waals surface area contributed by atoms with Crippen LogP contribution in [-0.2, 0) is 6.54 Å². The van der Waals surface area contributed by atoms with Crippen LogP contribution in [0, 0.1) is 5.95 Å². The number of carbonyl (C=O) groups is 1. The molecule has 1 aromatic rings. The topological polar surface area (TPSA) is 85.4 Å². The van der Waals surface area contributed by atoms with Crippen molar-refractivity contribution in [3.63, 3.8) is 0 Å². The number of ether oxygens (including phenoxy) is 1. The third kappa shape index (κ3) is 3.28. The van der Waals surface area contributed by atoms with Gasteiger partial charge in [-0.3, -0.25) is 0 Å². The van der Waals surface area contributed by atoms with E-state index in [2.05, 4.69) is 9.72 Å². The number of carboxylic acid groups (broad SMARTS) is 1. The zero-order valence-electron chi connectivity index (χ0n) is 8.08. The summed E-state index contributed by atoms with van der Waals surface area (Å²) in [5, 5.41) is 8.62. The average molecular weight is 254 g/mol. The number of pyridine rings is 1. The van der Waals surface area contributed by atoms with Gasteiger partial charge in [-0.2, -0.15) is 9.37 Å². The van der Waals surface area contributed by atoms with Gasteiger partial charge >= 0.3 is 12.3 Å². The average Bonchev–Trinajstić information content (AvgIpc) is 2.14. The molecular weight excluding hydrogens is 248 g/mol. The molecule has 5 nitrogen and oxygen atoms in total. The van der Waals surface area contributed by atoms with Crippen LogP contribution in [0.2, 0.25) is 0 Å². The lowest BCUT2D eigenvalue weighted by Crippen LogP contribution is -2.21. The Morgan fingerprint density at radius 3 is 2.53 bits per heavy atom. The molecule has 0 bridgehead atoms. The standard InChI is InChI=1S/C8H6F4N2O3/c9-5-3(2-13)1-4(7(15)16)6(14-5)17-8(10,11)12/h1H,2,13H2,(H,15,16). The normalized spacial score (nSPS) is 11.4. The number of aromatic nitrogens is 1. The van der Waals surface area contributed by atoms with Gasteiger partial charge in [0.15, 0.2) is 0 Å². The number of halogens is 4. The first kappa shape index (κ1) is 13.2. The molecule has 17 heavy (non-hydrogen) atoms. The highest BCUT2D eigenvalue weighted by atomic mass is 19.4. The van der Waals surface area contributed by atoms with Gasteiger partial charge in [-0.25, -0.2) is 4.79 Å². The molecule has 0 spiro atoms. The molecule has 0 aliphatic carbocycles. The first-order chi connectivity index (χ1) is 7.74. The zero-order chi connectivity index (χ0) is 13.2. The monoisotopic (exact) mass is 254 g/mol. The fraction of sp³-hybridized carbons (Fsp3) is 0.250. The third-order valence-corrected chi connectivity index (χ3v) is 1.68. The Labute approximate surface area is 91.8 Å². The molecule has 0 aliphatic heterocycles. The summed E-state index contributed by atoms with van der Waals surface area (Å²) in [7, 11) is 0. The van der Waals surface area contributed by atoms with E-state index in [-0.39, 0.29) is 5.56 Å². The maximum Gasteiger partial charge on any atom is 0.574 e. The van der Waals surface area contributed by atoms with Crippen molar-refractivity contribution in [2.75, 3.05) is 0 Å². The van der Waals surface area contributed by atoms with E-state index >= 15 is 0 Å². The van der Waals surface area contributed by atoms with Crippen molar-refractivity contribution in [3.05, 3.63) is 23.1 Å². The minimum atomic E-state index is -5.16. The summed E-state index contributed by atoms with van der Waals surface area (Å²) in [5.74, 6) is -4.40. The fourth-order valence-corrected chi connectivity index (χ4v) is 1.00. The van der Waals surface area contributed by atoms with Gasteiger partial charge < -0.3 is 15.6 Å². The van der Waals surface area contributed by atoms with Crippen LogP contribution in [0.5, 0.6) is 5.88 Å². The Kier molecular flexibility index (Phi) is 3.51. The second-order valence-electron chi connectivity index (χ2n) is 2.85. The first-order valence-electron chi connectivity index (χ1n) is 4.13. The molecule has 0 saturated carbocycles. The molecule has 0 radical (unpaired) electrons. The minimum Gasteiger partial charge on any atom is -0.477 e. The molecule has 9 heteroatoms. The maximum absolute atomic E-state index is 13.0. The Morgan fingerprint density at radius 1 is 1.53 bits per heavy atom. The van der Waals surface area contributed by atoms with Gasteiger partial charge in [0.1, 0.15) is 5.56 Å². The smallest absolute Gasteiger partial charge is 0.477 e. The van der Waals surface area contributed by atoms with E-state index in [0.29, 0.717) is 6.07 Å². The second kappa shape index (κ2) is 4.53. The summed E-state index contributed by atoms with van der Waals surface area (Å²) in [6.45, 7) is -0.397. The molecular formula is C8H6F4N2O3. The SMILES string of the molecule is NCc1cc(C(=O)O)c(OC(F)(F)F)nc1F. The van der Waals surface area contributed by atoms with Crippen LogP contribution in [-0.4, -0.2) is 22.4 Å². The molecule has 0 amide bonds. The van der Waals surface area contributed by atoms with Gasteiger partial charge in [0.25, 0.3) is 0 Å². The molecule has 0 aliphatic rings. The highest BCUT2D eigenvalue weighted by molar-refractivity contribution is 5.90. The number of alkyl halides is 3. The Morgan fingerprint density at radius 2 is 2.12 bits per heavy atom. The minimum absolute atomic E-state index is 0.322. The van der Waals surface area contributed by atoms with Crippen LogP contribution >= 0.6 is 0 Å². The van der Waals surface area contributed by atoms with Gasteiger partial charge in [0.2, 0.25) is 11.8 Å². The van der Waals surface area contributed by atoms with Gasteiger partial charge in [-0.05, 0) is 6.07 Å². The van der Waals surface area contributed by atoms with Crippen LogP contribution in [0.3, 0.4) is 0 Å². The highest BCUT2D eigenvalue weighted by Gasteiger charge is 2.34. The lowest BCUT2D eigenvalue weighted by Gasteiger charge is -2.11. The van der Waals surface area contributed by atoms with E-state index in [1.54, 1.807) is 0 Å². The number of nitrogens with two attached hydrogens (primary N) is 1. The molecule has 3 N–H and O–H groups in total. The molecule has 0 unspecified atom stereocenters. The van der Waals surface area contributed by atoms with Crippen LogP contribution < -0.4 is 10.5 Å². The quantitative estimate of drug-likeness (QED) is 0.626. The largest absolute Gasteiger partial charge is 0.574 e. The van der Waals surface area contributed by atoms with Gasteiger partial charge in [0, 0.05) is 12.1 Å². The summed E-state index contributed by atoms with van der Waals surface area (Å²) in [4.78, 5) is 13.4. The van der Waals surface area contributed by atoms with Crippen LogP contribution in [0.1, 0.15) is 15.9 Å². The van der Waals surface area contributed by atoms with Crippen molar-refractivity contribution in [2.24, 2.45) is 5.73 Å². The summed E-state index contributed by atoms with van der Waals surface area (Å²) in [6, 6.07) is 0.645. The van der Waals surface area contributed by atoms with Gasteiger partial charge in [0.05, 0.1) is 0 Å². The van der Waals surface area contributed by atoms with Crippen molar-refractivity contribution in [1.82, 2.24) is 4.98 Å². The van der Waals surface area contributed by atoms with Crippen LogP contribution in [0.15, 0.2) is 6.07 Å². The lowest BCUT2D eigenvalue weighted by atomic mass is 10.2. The Balaban J connectivity index is 3.28. The molecule has 1 aromatic heterocycles. The number of aromatic carboxylic acids is 1. The van der Waals surface area contributed by atoms with Crippen molar-refractivity contribution < 1.29 is 32.2 Å². The number of carboxylic acids is 1. The summed E-state index contributed by atoms with van der Waals surface area (Å²) in [5.41, 5.74) is 3.83. The summed E-state index contributed by atoms with van der Waals surface area (Å²) >= 11 is 0. The highest BCUT2D eigenvalue weighted by Crippen LogP contribution is 2.26. The van der Waals surface area contributed by atoms with E-state index in [1.807, 2.05) is 0 Å². The molecule has 1 rings (SSSR count). The van der Waals surface area contributed by atoms with E-state index in [1.165, 1.54) is 0 Å². The summed E-state index contributed by atoms with van der Waals surface area (Å²) in [6.07, 6.45) is -5.16. The first-order valence-corrected chi connectivity index (χ1v) is 4.13. The molecule has 0 aromatic carbocycles. The molecule has 0 atom stereocenters. The van der Waals surface area contributed by atoms with Crippen molar-refractivity contribution in [1.29, 1.82) is 0 Å². The lowest BCUT2D eigenvalue weighted by molar-refractivity contribution is -0.276. The van der Waals surface area contributed by atoms with Crippen LogP contribution in [0.25, 0.3) is 0 Å². The number of rotatable bonds is 3. The number of hydrogen-bond acceptors (Lipinski definition) is 4. The van der Waals surface area contributed by atoms with Crippen molar-refractivity contribution in [2.45, 2.75) is 12.9 Å². The van der Waals surface area contributed by atoms with Crippen molar-refractivity contribution in [3.8, 4) is 5.88 Å².